The molecule has 0 aliphatic heterocycles. The standard InChI is InChI=1S/C11H12N6O3/c12-8(5-9(18)19)11(20)13-7-3-1-2-6(4-7)10-14-16-17-15-10/h1-4,8H,5,12H2,(H,13,20)(H,18,19)(H,14,15,16,17). The number of rotatable bonds is 5. The van der Waals surface area contributed by atoms with Gasteiger partial charge in [0.1, 0.15) is 0 Å². The summed E-state index contributed by atoms with van der Waals surface area (Å²) in [4.78, 5) is 22.2. The lowest BCUT2D eigenvalue weighted by Gasteiger charge is -2.10. The van der Waals surface area contributed by atoms with E-state index in [0.717, 1.165) is 0 Å². The van der Waals surface area contributed by atoms with Gasteiger partial charge in [-0.3, -0.25) is 9.59 Å². The lowest BCUT2D eigenvalue weighted by molar-refractivity contribution is -0.138. The summed E-state index contributed by atoms with van der Waals surface area (Å²) in [6.45, 7) is 0. The molecule has 0 spiro atoms. The zero-order valence-electron chi connectivity index (χ0n) is 10.3. The van der Waals surface area contributed by atoms with E-state index in [1.165, 1.54) is 0 Å². The molecule has 2 rings (SSSR count). The van der Waals surface area contributed by atoms with Gasteiger partial charge in [0.15, 0.2) is 0 Å². The predicted molar refractivity (Wildman–Crippen MR) is 68.5 cm³/mol. The molecule has 20 heavy (non-hydrogen) atoms. The molecule has 1 aromatic heterocycles. The summed E-state index contributed by atoms with van der Waals surface area (Å²) in [5.41, 5.74) is 6.59. The van der Waals surface area contributed by atoms with Crippen LogP contribution in [-0.2, 0) is 9.59 Å². The third-order valence-corrected chi connectivity index (χ3v) is 2.46. The molecule has 0 aliphatic carbocycles. The summed E-state index contributed by atoms with van der Waals surface area (Å²) in [5.74, 6) is -1.32. The summed E-state index contributed by atoms with van der Waals surface area (Å²) < 4.78 is 0. The molecule has 9 nitrogen and oxygen atoms in total. The van der Waals surface area contributed by atoms with Crippen LogP contribution in [0.3, 0.4) is 0 Å². The quantitative estimate of drug-likeness (QED) is 0.581. The van der Waals surface area contributed by atoms with Crippen LogP contribution >= 0.6 is 0 Å². The van der Waals surface area contributed by atoms with E-state index in [-0.39, 0.29) is 0 Å². The highest BCUT2D eigenvalue weighted by atomic mass is 16.4. The van der Waals surface area contributed by atoms with Gasteiger partial charge in [-0.2, -0.15) is 5.21 Å². The van der Waals surface area contributed by atoms with Gasteiger partial charge in [-0.05, 0) is 17.3 Å². The number of nitrogens with one attached hydrogen (secondary N) is 2. The smallest absolute Gasteiger partial charge is 0.305 e. The van der Waals surface area contributed by atoms with Crippen molar-refractivity contribution in [3.05, 3.63) is 24.3 Å². The molecule has 0 saturated carbocycles. The Morgan fingerprint density at radius 3 is 2.90 bits per heavy atom. The summed E-state index contributed by atoms with van der Waals surface area (Å²) >= 11 is 0. The van der Waals surface area contributed by atoms with Crippen molar-refractivity contribution in [2.24, 2.45) is 5.73 Å². The van der Waals surface area contributed by atoms with Crippen LogP contribution < -0.4 is 11.1 Å². The van der Waals surface area contributed by atoms with Crippen LogP contribution in [0.25, 0.3) is 11.4 Å². The van der Waals surface area contributed by atoms with Crippen molar-refractivity contribution < 1.29 is 14.7 Å². The van der Waals surface area contributed by atoms with Crippen LogP contribution in [0.2, 0.25) is 0 Å². The van der Waals surface area contributed by atoms with Gasteiger partial charge < -0.3 is 16.2 Å². The minimum Gasteiger partial charge on any atom is -0.481 e. The zero-order chi connectivity index (χ0) is 14.5. The number of hydrogen-bond donors (Lipinski definition) is 4. The lowest BCUT2D eigenvalue weighted by atomic mass is 10.1. The van der Waals surface area contributed by atoms with Gasteiger partial charge in [0.05, 0.1) is 12.5 Å². The molecule has 1 unspecified atom stereocenters. The molecule has 5 N–H and O–H groups in total. The molecule has 0 radical (unpaired) electrons. The first-order valence-electron chi connectivity index (χ1n) is 5.68. The molecule has 0 saturated heterocycles. The molecule has 0 aliphatic rings. The molecular formula is C11H12N6O3. The molecule has 0 bridgehead atoms. The second-order valence-electron chi connectivity index (χ2n) is 4.01. The van der Waals surface area contributed by atoms with Crippen LogP contribution in [0.4, 0.5) is 5.69 Å². The summed E-state index contributed by atoms with van der Waals surface area (Å²) in [7, 11) is 0. The van der Waals surface area contributed by atoms with Gasteiger partial charge in [-0.25, -0.2) is 0 Å². The van der Waals surface area contributed by atoms with E-state index in [0.29, 0.717) is 17.1 Å². The van der Waals surface area contributed by atoms with Crippen molar-refractivity contribution in [2.45, 2.75) is 12.5 Å². The summed E-state index contributed by atoms with van der Waals surface area (Å²) in [6, 6.07) is 5.62. The van der Waals surface area contributed by atoms with Crippen LogP contribution in [0.1, 0.15) is 6.42 Å². The maximum absolute atomic E-state index is 11.7. The van der Waals surface area contributed by atoms with E-state index in [2.05, 4.69) is 25.9 Å². The van der Waals surface area contributed by atoms with E-state index >= 15 is 0 Å². The largest absolute Gasteiger partial charge is 0.481 e. The zero-order valence-corrected chi connectivity index (χ0v) is 10.3. The van der Waals surface area contributed by atoms with Gasteiger partial charge in [0, 0.05) is 11.3 Å². The first-order chi connectivity index (χ1) is 9.56. The third kappa shape index (κ3) is 3.36. The Hall–Kier alpha value is -2.81. The second kappa shape index (κ2) is 5.89. The van der Waals surface area contributed by atoms with E-state index < -0.39 is 24.3 Å². The van der Waals surface area contributed by atoms with Crippen molar-refractivity contribution >= 4 is 17.6 Å². The fraction of sp³-hybridized carbons (Fsp3) is 0.182. The number of tetrazole rings is 1. The lowest BCUT2D eigenvalue weighted by Crippen LogP contribution is -2.37. The van der Waals surface area contributed by atoms with Gasteiger partial charge in [0.2, 0.25) is 11.7 Å². The fourth-order valence-corrected chi connectivity index (χ4v) is 1.54. The number of nitrogens with two attached hydrogens (primary N) is 1. The second-order valence-corrected chi connectivity index (χ2v) is 4.01. The number of hydrogen-bond acceptors (Lipinski definition) is 6. The van der Waals surface area contributed by atoms with Gasteiger partial charge in [-0.1, -0.05) is 12.1 Å². The number of carbonyl (C=O) groups excluding carboxylic acids is 1. The predicted octanol–water partition coefficient (Wildman–Crippen LogP) is -0.393. The Balaban J connectivity index is 2.08. The topological polar surface area (TPSA) is 147 Å². The number of nitrogens with zero attached hydrogens (tertiary/aromatic N) is 3. The molecule has 1 atom stereocenters. The highest BCUT2D eigenvalue weighted by molar-refractivity contribution is 5.97. The highest BCUT2D eigenvalue weighted by Gasteiger charge is 2.17. The number of H-pyrrole nitrogens is 1. The minimum atomic E-state index is -1.13. The van der Waals surface area contributed by atoms with Crippen molar-refractivity contribution in [1.82, 2.24) is 20.6 Å². The molecule has 9 heteroatoms. The van der Waals surface area contributed by atoms with E-state index in [1.807, 2.05) is 0 Å². The average Bonchev–Trinajstić information content (AvgIpc) is 2.92. The van der Waals surface area contributed by atoms with Crippen molar-refractivity contribution in [3.63, 3.8) is 0 Å². The number of carboxylic acids is 1. The van der Waals surface area contributed by atoms with E-state index in [4.69, 9.17) is 10.8 Å². The minimum absolute atomic E-state index is 0.385. The maximum Gasteiger partial charge on any atom is 0.305 e. The Bertz CT molecular complexity index is 612. The third-order valence-electron chi connectivity index (χ3n) is 2.46. The van der Waals surface area contributed by atoms with Gasteiger partial charge in [0.25, 0.3) is 0 Å². The van der Waals surface area contributed by atoms with Gasteiger partial charge >= 0.3 is 5.97 Å². The molecule has 1 heterocycles. The van der Waals surface area contributed by atoms with Crippen LogP contribution in [0, 0.1) is 0 Å². The number of amides is 1. The van der Waals surface area contributed by atoms with Gasteiger partial charge in [-0.15, -0.1) is 10.2 Å². The Kier molecular flexibility index (Phi) is 4.01. The first-order valence-corrected chi connectivity index (χ1v) is 5.68. The van der Waals surface area contributed by atoms with Crippen molar-refractivity contribution in [1.29, 1.82) is 0 Å². The monoisotopic (exact) mass is 276 g/mol. The number of aromatic nitrogens is 4. The Labute approximate surface area is 113 Å². The summed E-state index contributed by atoms with van der Waals surface area (Å²) in [5, 5.41) is 24.5. The first kappa shape index (κ1) is 13.6. The highest BCUT2D eigenvalue weighted by Crippen LogP contribution is 2.18. The van der Waals surface area contributed by atoms with Crippen molar-refractivity contribution in [2.75, 3.05) is 5.32 Å². The SMILES string of the molecule is NC(CC(=O)O)C(=O)Nc1cccc(-c2nn[nH]n2)c1. The summed E-state index contributed by atoms with van der Waals surface area (Å²) in [6.07, 6.45) is -0.434. The number of carbonyl (C=O) groups is 2. The maximum atomic E-state index is 11.7. The van der Waals surface area contributed by atoms with Crippen LogP contribution in [0.5, 0.6) is 0 Å². The fourth-order valence-electron chi connectivity index (χ4n) is 1.54. The molecular weight excluding hydrogens is 264 g/mol. The molecule has 2 aromatic rings. The van der Waals surface area contributed by atoms with Crippen molar-refractivity contribution in [3.8, 4) is 11.4 Å². The number of aromatic amines is 1. The van der Waals surface area contributed by atoms with E-state index in [9.17, 15) is 9.59 Å². The number of benzene rings is 1. The molecule has 0 fully saturated rings. The number of carboxylic acid groups (broad SMARTS) is 1. The normalized spacial score (nSPS) is 11.8. The Morgan fingerprint density at radius 2 is 2.25 bits per heavy atom. The number of aliphatic carboxylic acids is 1. The average molecular weight is 276 g/mol. The number of anilines is 1. The molecule has 104 valence electrons. The Morgan fingerprint density at radius 1 is 1.45 bits per heavy atom. The molecule has 1 amide bonds. The van der Waals surface area contributed by atoms with Crippen LogP contribution in [0.15, 0.2) is 24.3 Å². The van der Waals surface area contributed by atoms with Crippen LogP contribution in [-0.4, -0.2) is 43.6 Å². The van der Waals surface area contributed by atoms with E-state index in [1.54, 1.807) is 24.3 Å². The molecule has 1 aromatic carbocycles.